The molecule has 0 saturated carbocycles. The molecule has 1 amide bonds. The summed E-state index contributed by atoms with van der Waals surface area (Å²) in [4.78, 5) is 12.6. The normalized spacial score (nSPS) is 16.1. The smallest absolute Gasteiger partial charge is 0.255 e. The molecule has 0 unspecified atom stereocenters. The van der Waals surface area contributed by atoms with Gasteiger partial charge >= 0.3 is 0 Å². The molecule has 0 bridgehead atoms. The number of carbonyl (C=O) groups excluding carboxylic acids is 1. The van der Waals surface area contributed by atoms with Crippen LogP contribution < -0.4 is 15.4 Å². The summed E-state index contributed by atoms with van der Waals surface area (Å²) in [5.41, 5.74) is 0.236. The first-order valence-corrected chi connectivity index (χ1v) is 10.6. The molecular weight excluding hydrogens is 354 g/mol. The fourth-order valence-electron chi connectivity index (χ4n) is 2.99. The van der Waals surface area contributed by atoms with Crippen molar-refractivity contribution >= 4 is 15.9 Å². The predicted molar refractivity (Wildman–Crippen MR) is 101 cm³/mol. The largest absolute Gasteiger partial charge is 0.496 e. The van der Waals surface area contributed by atoms with Crippen LogP contribution in [0.1, 0.15) is 43.0 Å². The monoisotopic (exact) mass is 383 g/mol. The number of nitrogens with one attached hydrogen (secondary N) is 2. The van der Waals surface area contributed by atoms with Crippen LogP contribution in [-0.4, -0.2) is 58.5 Å². The van der Waals surface area contributed by atoms with E-state index in [-0.39, 0.29) is 16.4 Å². The standard InChI is InChI=1S/C18H29N3O4S/c1-3-19-10-11-20-18(22)16-14-15(8-9-17(16)25-2)26(23,24)21-12-6-4-5-7-13-21/h8-9,14,19H,3-7,10-13H2,1-2H3,(H,20,22). The van der Waals surface area contributed by atoms with Crippen LogP contribution in [0.15, 0.2) is 23.1 Å². The molecule has 2 rings (SSSR count). The Labute approximate surface area is 156 Å². The van der Waals surface area contributed by atoms with E-state index in [1.54, 1.807) is 6.07 Å². The molecule has 0 aromatic heterocycles. The average molecular weight is 384 g/mol. The summed E-state index contributed by atoms with van der Waals surface area (Å²) in [5, 5.41) is 5.91. The van der Waals surface area contributed by atoms with Crippen molar-refractivity contribution in [3.8, 4) is 5.75 Å². The van der Waals surface area contributed by atoms with Crippen LogP contribution in [0.3, 0.4) is 0 Å². The van der Waals surface area contributed by atoms with E-state index < -0.39 is 10.0 Å². The summed E-state index contributed by atoms with van der Waals surface area (Å²) in [5.74, 6) is 0.0217. The first-order valence-electron chi connectivity index (χ1n) is 9.17. The number of hydrogen-bond acceptors (Lipinski definition) is 5. The zero-order valence-corrected chi connectivity index (χ0v) is 16.4. The third kappa shape index (κ3) is 5.18. The van der Waals surface area contributed by atoms with Crippen LogP contribution in [0.2, 0.25) is 0 Å². The summed E-state index contributed by atoms with van der Waals surface area (Å²) in [7, 11) is -2.14. The van der Waals surface area contributed by atoms with Gasteiger partial charge in [0, 0.05) is 26.2 Å². The number of rotatable bonds is 8. The minimum atomic E-state index is -3.61. The Bertz CT molecular complexity index is 698. The number of likely N-dealkylation sites (N-methyl/N-ethyl adjacent to an activating group) is 1. The highest BCUT2D eigenvalue weighted by molar-refractivity contribution is 7.89. The van der Waals surface area contributed by atoms with Gasteiger partial charge in [-0.25, -0.2) is 8.42 Å². The van der Waals surface area contributed by atoms with Gasteiger partial charge in [0.1, 0.15) is 5.75 Å². The zero-order valence-electron chi connectivity index (χ0n) is 15.6. The van der Waals surface area contributed by atoms with Gasteiger partial charge in [-0.2, -0.15) is 4.31 Å². The number of carbonyl (C=O) groups is 1. The Balaban J connectivity index is 2.23. The van der Waals surface area contributed by atoms with Crippen LogP contribution in [0.4, 0.5) is 0 Å². The van der Waals surface area contributed by atoms with Crippen LogP contribution in [-0.2, 0) is 10.0 Å². The topological polar surface area (TPSA) is 87.7 Å². The molecule has 2 N–H and O–H groups in total. The van der Waals surface area contributed by atoms with Gasteiger partial charge in [-0.15, -0.1) is 0 Å². The number of amides is 1. The molecule has 0 atom stereocenters. The summed E-state index contributed by atoms with van der Waals surface area (Å²) >= 11 is 0. The fraction of sp³-hybridized carbons (Fsp3) is 0.611. The molecule has 1 aromatic rings. The molecule has 1 heterocycles. The molecular formula is C18H29N3O4S. The van der Waals surface area contributed by atoms with Crippen molar-refractivity contribution in [2.45, 2.75) is 37.5 Å². The Kier molecular flexibility index (Phi) is 7.86. The van der Waals surface area contributed by atoms with E-state index in [0.717, 1.165) is 32.2 Å². The summed E-state index contributed by atoms with van der Waals surface area (Å²) in [6.07, 6.45) is 3.84. The van der Waals surface area contributed by atoms with Crippen molar-refractivity contribution in [2.75, 3.05) is 39.8 Å². The molecule has 0 radical (unpaired) electrons. The minimum absolute atomic E-state index is 0.136. The van der Waals surface area contributed by atoms with E-state index in [4.69, 9.17) is 4.74 Å². The van der Waals surface area contributed by atoms with Crippen LogP contribution in [0.25, 0.3) is 0 Å². The highest BCUT2D eigenvalue weighted by atomic mass is 32.2. The van der Waals surface area contributed by atoms with E-state index in [1.165, 1.54) is 23.5 Å². The molecule has 0 spiro atoms. The number of benzene rings is 1. The number of nitrogens with zero attached hydrogens (tertiary/aromatic N) is 1. The summed E-state index contributed by atoms with van der Waals surface area (Å²) in [6.45, 7) is 4.97. The molecule has 8 heteroatoms. The van der Waals surface area contributed by atoms with Crippen molar-refractivity contribution in [1.29, 1.82) is 0 Å². The van der Waals surface area contributed by atoms with Gasteiger partial charge in [0.15, 0.2) is 0 Å². The Morgan fingerprint density at radius 1 is 1.15 bits per heavy atom. The number of methoxy groups -OCH3 is 1. The van der Waals surface area contributed by atoms with Gasteiger partial charge in [-0.05, 0) is 37.6 Å². The second-order valence-corrected chi connectivity index (χ2v) is 8.23. The molecule has 7 nitrogen and oxygen atoms in total. The highest BCUT2D eigenvalue weighted by Gasteiger charge is 2.27. The fourth-order valence-corrected chi connectivity index (χ4v) is 4.54. The first kappa shape index (κ1) is 20.7. The summed E-state index contributed by atoms with van der Waals surface area (Å²) < 4.78 is 32.7. The molecule has 0 aliphatic carbocycles. The van der Waals surface area contributed by atoms with Crippen molar-refractivity contribution in [3.63, 3.8) is 0 Å². The maximum Gasteiger partial charge on any atom is 0.255 e. The zero-order chi connectivity index (χ0) is 19.0. The average Bonchev–Trinajstić information content (AvgIpc) is 2.94. The van der Waals surface area contributed by atoms with Gasteiger partial charge in [0.05, 0.1) is 17.6 Å². The molecule has 1 saturated heterocycles. The molecule has 1 aromatic carbocycles. The second kappa shape index (κ2) is 9.89. The van der Waals surface area contributed by atoms with E-state index in [1.807, 2.05) is 6.92 Å². The van der Waals surface area contributed by atoms with Crippen LogP contribution >= 0.6 is 0 Å². The molecule has 26 heavy (non-hydrogen) atoms. The maximum atomic E-state index is 13.0. The van der Waals surface area contributed by atoms with Gasteiger partial charge in [-0.1, -0.05) is 19.8 Å². The van der Waals surface area contributed by atoms with Gasteiger partial charge in [-0.3, -0.25) is 4.79 Å². The third-order valence-corrected chi connectivity index (χ3v) is 6.35. The lowest BCUT2D eigenvalue weighted by Gasteiger charge is -2.20. The Morgan fingerprint density at radius 2 is 1.85 bits per heavy atom. The van der Waals surface area contributed by atoms with Crippen LogP contribution in [0.5, 0.6) is 5.75 Å². The maximum absolute atomic E-state index is 13.0. The predicted octanol–water partition coefficient (Wildman–Crippen LogP) is 1.60. The van der Waals surface area contributed by atoms with Crippen molar-refractivity contribution < 1.29 is 17.9 Å². The van der Waals surface area contributed by atoms with Crippen molar-refractivity contribution in [1.82, 2.24) is 14.9 Å². The lowest BCUT2D eigenvalue weighted by atomic mass is 10.2. The lowest BCUT2D eigenvalue weighted by Crippen LogP contribution is -2.33. The molecule has 1 aliphatic rings. The molecule has 146 valence electrons. The van der Waals surface area contributed by atoms with Crippen molar-refractivity contribution in [3.05, 3.63) is 23.8 Å². The molecule has 1 fully saturated rings. The number of ether oxygens (including phenoxy) is 1. The van der Waals surface area contributed by atoms with E-state index in [2.05, 4.69) is 10.6 Å². The van der Waals surface area contributed by atoms with Gasteiger partial charge in [0.2, 0.25) is 10.0 Å². The van der Waals surface area contributed by atoms with E-state index in [9.17, 15) is 13.2 Å². The van der Waals surface area contributed by atoms with Gasteiger partial charge < -0.3 is 15.4 Å². The first-order chi connectivity index (χ1) is 12.5. The highest BCUT2D eigenvalue weighted by Crippen LogP contribution is 2.26. The SMILES string of the molecule is CCNCCNC(=O)c1cc(S(=O)(=O)N2CCCCCC2)ccc1OC. The van der Waals surface area contributed by atoms with Crippen LogP contribution in [0, 0.1) is 0 Å². The third-order valence-electron chi connectivity index (χ3n) is 4.46. The second-order valence-electron chi connectivity index (χ2n) is 6.29. The number of sulfonamides is 1. The number of hydrogen-bond donors (Lipinski definition) is 2. The van der Waals surface area contributed by atoms with E-state index >= 15 is 0 Å². The summed E-state index contributed by atoms with van der Waals surface area (Å²) in [6, 6.07) is 4.47. The lowest BCUT2D eigenvalue weighted by molar-refractivity contribution is 0.0950. The quantitative estimate of drug-likeness (QED) is 0.666. The minimum Gasteiger partial charge on any atom is -0.496 e. The van der Waals surface area contributed by atoms with Gasteiger partial charge in [0.25, 0.3) is 5.91 Å². The van der Waals surface area contributed by atoms with Crippen molar-refractivity contribution in [2.24, 2.45) is 0 Å². The Hall–Kier alpha value is -1.64. The molecule has 1 aliphatic heterocycles. The van der Waals surface area contributed by atoms with E-state index in [0.29, 0.717) is 31.9 Å². The Morgan fingerprint density at radius 3 is 2.46 bits per heavy atom.